The molecule has 1 saturated heterocycles. The minimum Gasteiger partial charge on any atom is -0.444 e. The monoisotopic (exact) mass is 434 g/mol. The molecule has 1 aromatic carbocycles. The molecule has 3 heterocycles. The number of aromatic nitrogens is 3. The van der Waals surface area contributed by atoms with Crippen LogP contribution in [0.2, 0.25) is 0 Å². The first-order chi connectivity index (χ1) is 15.2. The second-order valence-electron chi connectivity index (χ2n) is 8.95. The van der Waals surface area contributed by atoms with Gasteiger partial charge in [0, 0.05) is 26.3 Å². The molecule has 3 aromatic rings. The number of benzene rings is 1. The second kappa shape index (κ2) is 8.04. The van der Waals surface area contributed by atoms with Gasteiger partial charge in [-0.15, -0.1) is 0 Å². The molecule has 0 spiro atoms. The van der Waals surface area contributed by atoms with Crippen LogP contribution >= 0.6 is 0 Å². The fourth-order valence-electron chi connectivity index (χ4n) is 3.89. The molecule has 0 bridgehead atoms. The Morgan fingerprint density at radius 3 is 2.69 bits per heavy atom. The Morgan fingerprint density at radius 2 is 2.00 bits per heavy atom. The summed E-state index contributed by atoms with van der Waals surface area (Å²) in [5.74, 6) is 0. The molecule has 32 heavy (non-hydrogen) atoms. The van der Waals surface area contributed by atoms with Gasteiger partial charge >= 0.3 is 11.8 Å². The number of imidazole rings is 1. The molecule has 0 atom stereocenters. The molecule has 9 nitrogen and oxygen atoms in total. The van der Waals surface area contributed by atoms with E-state index in [0.717, 1.165) is 11.3 Å². The number of ether oxygens (including phenoxy) is 1. The van der Waals surface area contributed by atoms with Crippen LogP contribution in [0.15, 0.2) is 41.3 Å². The zero-order chi connectivity index (χ0) is 23.0. The molecule has 1 aliphatic rings. The lowest BCUT2D eigenvalue weighted by Crippen LogP contribution is -2.60. The molecule has 1 amide bonds. The van der Waals surface area contributed by atoms with Gasteiger partial charge in [-0.25, -0.2) is 14.6 Å². The second-order valence-corrected chi connectivity index (χ2v) is 8.95. The van der Waals surface area contributed by atoms with Crippen LogP contribution in [0, 0.1) is 11.3 Å². The van der Waals surface area contributed by atoms with Crippen molar-refractivity contribution in [2.75, 3.05) is 18.0 Å². The van der Waals surface area contributed by atoms with Crippen molar-refractivity contribution in [2.45, 2.75) is 39.0 Å². The highest BCUT2D eigenvalue weighted by atomic mass is 16.6. The minimum atomic E-state index is -0.551. The van der Waals surface area contributed by atoms with E-state index in [1.165, 1.54) is 4.57 Å². The number of nitriles is 1. The van der Waals surface area contributed by atoms with Crippen LogP contribution in [0.5, 0.6) is 0 Å². The third-order valence-electron chi connectivity index (χ3n) is 5.40. The van der Waals surface area contributed by atoms with Crippen LogP contribution in [-0.2, 0) is 18.3 Å². The van der Waals surface area contributed by atoms with Gasteiger partial charge in [-0.2, -0.15) is 5.26 Å². The topological polar surface area (TPSA) is 105 Å². The van der Waals surface area contributed by atoms with Gasteiger partial charge in [0.1, 0.15) is 11.1 Å². The lowest BCUT2D eigenvalue weighted by atomic mass is 10.1. The first-order valence-corrected chi connectivity index (χ1v) is 10.4. The predicted molar refractivity (Wildman–Crippen MR) is 121 cm³/mol. The number of hydrogen-bond donors (Lipinski definition) is 1. The summed E-state index contributed by atoms with van der Waals surface area (Å²) in [5.41, 5.74) is 2.71. The Morgan fingerprint density at radius 1 is 1.28 bits per heavy atom. The summed E-state index contributed by atoms with van der Waals surface area (Å²) in [4.78, 5) is 31.6. The van der Waals surface area contributed by atoms with Gasteiger partial charge in [0.2, 0.25) is 0 Å². The van der Waals surface area contributed by atoms with Crippen molar-refractivity contribution in [3.05, 3.63) is 58.1 Å². The van der Waals surface area contributed by atoms with Crippen molar-refractivity contribution in [1.82, 2.24) is 19.4 Å². The Labute approximate surface area is 185 Å². The SMILES string of the molecule is Cn1c(=O)n(Cc2ccccc2C#N)c2c(N3CC(NC(=O)OC(C)(C)C)C3)ccnc21. The number of pyridine rings is 1. The summed E-state index contributed by atoms with van der Waals surface area (Å²) >= 11 is 0. The van der Waals surface area contributed by atoms with E-state index in [0.29, 0.717) is 29.8 Å². The number of rotatable bonds is 4. The quantitative estimate of drug-likeness (QED) is 0.676. The third-order valence-corrected chi connectivity index (χ3v) is 5.40. The first-order valence-electron chi connectivity index (χ1n) is 10.4. The van der Waals surface area contributed by atoms with Crippen LogP contribution in [-0.4, -0.2) is 44.9 Å². The van der Waals surface area contributed by atoms with E-state index >= 15 is 0 Å². The predicted octanol–water partition coefficient (Wildman–Crippen LogP) is 2.37. The van der Waals surface area contributed by atoms with Crippen molar-refractivity contribution >= 4 is 22.9 Å². The van der Waals surface area contributed by atoms with Crippen molar-refractivity contribution in [3.8, 4) is 6.07 Å². The number of amides is 1. The largest absolute Gasteiger partial charge is 0.444 e. The summed E-state index contributed by atoms with van der Waals surface area (Å²) in [7, 11) is 1.69. The summed E-state index contributed by atoms with van der Waals surface area (Å²) < 4.78 is 8.50. The van der Waals surface area contributed by atoms with E-state index in [2.05, 4.69) is 21.3 Å². The first kappa shape index (κ1) is 21.4. The van der Waals surface area contributed by atoms with Crippen LogP contribution in [0.4, 0.5) is 10.5 Å². The van der Waals surface area contributed by atoms with Crippen LogP contribution < -0.4 is 15.9 Å². The lowest BCUT2D eigenvalue weighted by molar-refractivity contribution is 0.0496. The van der Waals surface area contributed by atoms with Gasteiger partial charge in [-0.05, 0) is 38.5 Å². The Bertz CT molecular complexity index is 1270. The maximum absolute atomic E-state index is 13.0. The van der Waals surface area contributed by atoms with Gasteiger partial charge in [0.05, 0.1) is 29.9 Å². The average Bonchev–Trinajstić information content (AvgIpc) is 2.95. The van der Waals surface area contributed by atoms with Gasteiger partial charge in [-0.3, -0.25) is 9.13 Å². The third kappa shape index (κ3) is 4.04. The Hall–Kier alpha value is -3.80. The lowest BCUT2D eigenvalue weighted by Gasteiger charge is -2.41. The number of anilines is 1. The fourth-order valence-corrected chi connectivity index (χ4v) is 3.89. The Balaban J connectivity index is 1.62. The summed E-state index contributed by atoms with van der Waals surface area (Å²) in [6, 6.07) is 11.3. The molecule has 0 saturated carbocycles. The van der Waals surface area contributed by atoms with E-state index in [9.17, 15) is 14.9 Å². The number of hydrogen-bond acceptors (Lipinski definition) is 6. The summed E-state index contributed by atoms with van der Waals surface area (Å²) in [6.07, 6.45) is 1.24. The number of alkyl carbamates (subject to hydrolysis) is 1. The van der Waals surface area contributed by atoms with Crippen LogP contribution in [0.3, 0.4) is 0 Å². The highest BCUT2D eigenvalue weighted by molar-refractivity contribution is 5.87. The average molecular weight is 435 g/mol. The van der Waals surface area contributed by atoms with Gasteiger partial charge in [0.15, 0.2) is 5.65 Å². The standard InChI is InChI=1S/C23H26N6O3/c1-23(2,3)32-21(30)26-17-13-28(14-17)18-9-10-25-20-19(18)29(22(31)27(20)4)12-16-8-6-5-7-15(16)11-24/h5-10,17H,12-14H2,1-4H3,(H,26,30). The zero-order valence-corrected chi connectivity index (χ0v) is 18.6. The van der Waals surface area contributed by atoms with Crippen LogP contribution in [0.25, 0.3) is 11.2 Å². The molecule has 1 fully saturated rings. The van der Waals surface area contributed by atoms with Gasteiger partial charge in [0.25, 0.3) is 0 Å². The smallest absolute Gasteiger partial charge is 0.407 e. The maximum Gasteiger partial charge on any atom is 0.407 e. The van der Waals surface area contributed by atoms with Crippen molar-refractivity contribution in [3.63, 3.8) is 0 Å². The number of nitrogens with one attached hydrogen (secondary N) is 1. The van der Waals surface area contributed by atoms with E-state index in [1.54, 1.807) is 29.9 Å². The van der Waals surface area contributed by atoms with E-state index < -0.39 is 11.7 Å². The molecule has 4 rings (SSSR count). The van der Waals surface area contributed by atoms with Crippen molar-refractivity contribution < 1.29 is 9.53 Å². The van der Waals surface area contributed by atoms with Crippen molar-refractivity contribution in [1.29, 1.82) is 5.26 Å². The van der Waals surface area contributed by atoms with Gasteiger partial charge in [-0.1, -0.05) is 18.2 Å². The molecule has 2 aromatic heterocycles. The number of nitrogens with zero attached hydrogens (tertiary/aromatic N) is 5. The van der Waals surface area contributed by atoms with E-state index in [-0.39, 0.29) is 18.3 Å². The van der Waals surface area contributed by atoms with Crippen LogP contribution in [0.1, 0.15) is 31.9 Å². The molecular formula is C23H26N6O3. The Kier molecular flexibility index (Phi) is 5.38. The molecule has 0 unspecified atom stereocenters. The number of fused-ring (bicyclic) bond motifs is 1. The molecule has 0 aliphatic carbocycles. The molecule has 0 radical (unpaired) electrons. The normalized spacial score (nSPS) is 14.2. The van der Waals surface area contributed by atoms with Crippen molar-refractivity contribution in [2.24, 2.45) is 7.05 Å². The van der Waals surface area contributed by atoms with E-state index in [4.69, 9.17) is 4.74 Å². The molecule has 166 valence electrons. The zero-order valence-electron chi connectivity index (χ0n) is 18.6. The minimum absolute atomic E-state index is 0.0451. The number of carbonyl (C=O) groups excluding carboxylic acids is 1. The van der Waals surface area contributed by atoms with E-state index in [1.807, 2.05) is 39.0 Å². The molecular weight excluding hydrogens is 408 g/mol. The van der Waals surface area contributed by atoms with Gasteiger partial charge < -0.3 is 15.0 Å². The fraction of sp³-hybridized carbons (Fsp3) is 0.391. The molecule has 9 heteroatoms. The highest BCUT2D eigenvalue weighted by Gasteiger charge is 2.32. The number of aryl methyl sites for hydroxylation is 1. The summed E-state index contributed by atoms with van der Waals surface area (Å²) in [5, 5.41) is 12.3. The molecule has 1 N–H and O–H groups in total. The highest BCUT2D eigenvalue weighted by Crippen LogP contribution is 2.29. The number of carbonyl (C=O) groups is 1. The summed E-state index contributed by atoms with van der Waals surface area (Å²) in [6.45, 7) is 6.93. The molecule has 1 aliphatic heterocycles. The maximum atomic E-state index is 13.0.